The van der Waals surface area contributed by atoms with Gasteiger partial charge in [-0.05, 0) is 35.6 Å². The smallest absolute Gasteiger partial charge is 0.253 e. The van der Waals surface area contributed by atoms with Crippen LogP contribution in [0.15, 0.2) is 66.7 Å². The average molecular weight is 390 g/mol. The number of hydrogen-bond acceptors (Lipinski definition) is 3. The third-order valence-electron chi connectivity index (χ3n) is 4.63. The SMILES string of the molecule is CN(C)C(=O)c1cccc(CNC(=O)CCCOc2cccc3ccccc23)c1. The van der Waals surface area contributed by atoms with Gasteiger partial charge >= 0.3 is 0 Å². The van der Waals surface area contributed by atoms with E-state index in [1.54, 1.807) is 20.2 Å². The number of benzene rings is 3. The van der Waals surface area contributed by atoms with Gasteiger partial charge in [0.15, 0.2) is 0 Å². The molecule has 5 nitrogen and oxygen atoms in total. The van der Waals surface area contributed by atoms with Crippen LogP contribution in [0.5, 0.6) is 5.75 Å². The standard InChI is InChI=1S/C24H26N2O3/c1-26(2)24(28)20-11-5-8-18(16-20)17-25-23(27)14-7-15-29-22-13-6-10-19-9-3-4-12-21(19)22/h3-6,8-13,16H,7,14-15,17H2,1-2H3,(H,25,27). The van der Waals surface area contributed by atoms with Gasteiger partial charge in [0.05, 0.1) is 6.61 Å². The van der Waals surface area contributed by atoms with Gasteiger partial charge in [-0.3, -0.25) is 9.59 Å². The van der Waals surface area contributed by atoms with Crippen LogP contribution in [-0.2, 0) is 11.3 Å². The highest BCUT2D eigenvalue weighted by Crippen LogP contribution is 2.25. The van der Waals surface area contributed by atoms with Crippen LogP contribution in [0.4, 0.5) is 0 Å². The van der Waals surface area contributed by atoms with Crippen LogP contribution in [0.2, 0.25) is 0 Å². The van der Waals surface area contributed by atoms with E-state index in [1.165, 1.54) is 4.90 Å². The molecular formula is C24H26N2O3. The first-order valence-electron chi connectivity index (χ1n) is 9.72. The molecule has 0 aromatic heterocycles. The van der Waals surface area contributed by atoms with Crippen LogP contribution in [0, 0.1) is 0 Å². The maximum absolute atomic E-state index is 12.1. The molecule has 3 aromatic rings. The molecule has 0 radical (unpaired) electrons. The van der Waals surface area contributed by atoms with Crippen molar-refractivity contribution in [2.24, 2.45) is 0 Å². The van der Waals surface area contributed by atoms with E-state index in [2.05, 4.69) is 17.4 Å². The van der Waals surface area contributed by atoms with Gasteiger partial charge < -0.3 is 15.0 Å². The van der Waals surface area contributed by atoms with E-state index in [1.807, 2.05) is 48.5 Å². The molecule has 0 heterocycles. The summed E-state index contributed by atoms with van der Waals surface area (Å²) >= 11 is 0. The summed E-state index contributed by atoms with van der Waals surface area (Å²) in [4.78, 5) is 25.7. The Morgan fingerprint density at radius 2 is 1.72 bits per heavy atom. The predicted molar refractivity (Wildman–Crippen MR) is 115 cm³/mol. The fourth-order valence-electron chi connectivity index (χ4n) is 3.10. The van der Waals surface area contributed by atoms with Crippen LogP contribution in [0.25, 0.3) is 10.8 Å². The fourth-order valence-corrected chi connectivity index (χ4v) is 3.10. The first-order chi connectivity index (χ1) is 14.0. The largest absolute Gasteiger partial charge is 0.493 e. The first kappa shape index (κ1) is 20.4. The zero-order valence-corrected chi connectivity index (χ0v) is 16.9. The Labute approximate surface area is 171 Å². The van der Waals surface area contributed by atoms with Crippen molar-refractivity contribution in [1.82, 2.24) is 10.2 Å². The van der Waals surface area contributed by atoms with Crippen LogP contribution < -0.4 is 10.1 Å². The zero-order chi connectivity index (χ0) is 20.6. The monoisotopic (exact) mass is 390 g/mol. The van der Waals surface area contributed by atoms with Gasteiger partial charge in [0.1, 0.15) is 5.75 Å². The van der Waals surface area contributed by atoms with Gasteiger partial charge in [-0.2, -0.15) is 0 Å². The van der Waals surface area contributed by atoms with Crippen LogP contribution in [-0.4, -0.2) is 37.4 Å². The lowest BCUT2D eigenvalue weighted by atomic mass is 10.1. The summed E-state index contributed by atoms with van der Waals surface area (Å²) < 4.78 is 5.87. The molecule has 0 aliphatic heterocycles. The fraction of sp³-hybridized carbons (Fsp3) is 0.250. The molecule has 3 aromatic carbocycles. The Bertz CT molecular complexity index is 993. The van der Waals surface area contributed by atoms with E-state index in [-0.39, 0.29) is 11.8 Å². The molecule has 0 spiro atoms. The Morgan fingerprint density at radius 1 is 0.966 bits per heavy atom. The molecule has 0 aliphatic rings. The highest BCUT2D eigenvalue weighted by molar-refractivity contribution is 5.94. The van der Waals surface area contributed by atoms with Gasteiger partial charge in [0.25, 0.3) is 5.91 Å². The number of nitrogens with zero attached hydrogens (tertiary/aromatic N) is 1. The van der Waals surface area contributed by atoms with E-state index >= 15 is 0 Å². The van der Waals surface area contributed by atoms with E-state index in [9.17, 15) is 9.59 Å². The van der Waals surface area contributed by atoms with Crippen molar-refractivity contribution in [3.05, 3.63) is 77.9 Å². The Balaban J connectivity index is 1.44. The molecule has 1 N–H and O–H groups in total. The Kier molecular flexibility index (Phi) is 6.85. The minimum Gasteiger partial charge on any atom is -0.493 e. The molecule has 0 fully saturated rings. The highest BCUT2D eigenvalue weighted by Gasteiger charge is 2.09. The summed E-state index contributed by atoms with van der Waals surface area (Å²) in [6.45, 7) is 0.881. The summed E-state index contributed by atoms with van der Waals surface area (Å²) in [6.07, 6.45) is 1.02. The minimum atomic E-state index is -0.0521. The molecule has 29 heavy (non-hydrogen) atoms. The second-order valence-electron chi connectivity index (χ2n) is 7.11. The van der Waals surface area contributed by atoms with Crippen molar-refractivity contribution in [1.29, 1.82) is 0 Å². The highest BCUT2D eigenvalue weighted by atomic mass is 16.5. The maximum Gasteiger partial charge on any atom is 0.253 e. The van der Waals surface area contributed by atoms with Gasteiger partial charge in [-0.1, -0.05) is 48.5 Å². The van der Waals surface area contributed by atoms with Gasteiger partial charge in [-0.15, -0.1) is 0 Å². The normalized spacial score (nSPS) is 10.6. The number of carbonyl (C=O) groups excluding carboxylic acids is 2. The summed E-state index contributed by atoms with van der Waals surface area (Å²) in [5.41, 5.74) is 1.52. The number of ether oxygens (including phenoxy) is 1. The van der Waals surface area contributed by atoms with Crippen LogP contribution in [0.1, 0.15) is 28.8 Å². The molecule has 0 bridgehead atoms. The van der Waals surface area contributed by atoms with E-state index in [0.717, 1.165) is 22.1 Å². The Hall–Kier alpha value is -3.34. The molecule has 0 saturated carbocycles. The van der Waals surface area contributed by atoms with E-state index < -0.39 is 0 Å². The summed E-state index contributed by atoms with van der Waals surface area (Å²) in [6, 6.07) is 21.4. The molecule has 0 aliphatic carbocycles. The van der Waals surface area contributed by atoms with Crippen molar-refractivity contribution in [3.8, 4) is 5.75 Å². The summed E-state index contributed by atoms with van der Waals surface area (Å²) in [7, 11) is 3.44. The second-order valence-corrected chi connectivity index (χ2v) is 7.11. The van der Waals surface area contributed by atoms with Crippen LogP contribution >= 0.6 is 0 Å². The number of fused-ring (bicyclic) bond motifs is 1. The number of nitrogens with one attached hydrogen (secondary N) is 1. The van der Waals surface area contributed by atoms with Crippen molar-refractivity contribution in [2.75, 3.05) is 20.7 Å². The molecule has 0 saturated heterocycles. The molecule has 3 rings (SSSR count). The minimum absolute atomic E-state index is 0.0316. The predicted octanol–water partition coefficient (Wildman–Crippen LogP) is 4.02. The topological polar surface area (TPSA) is 58.6 Å². The number of rotatable bonds is 8. The van der Waals surface area contributed by atoms with E-state index in [4.69, 9.17) is 4.74 Å². The van der Waals surface area contributed by atoms with Gasteiger partial charge in [0.2, 0.25) is 5.91 Å². The maximum atomic E-state index is 12.1. The first-order valence-corrected chi connectivity index (χ1v) is 9.72. The number of carbonyl (C=O) groups is 2. The molecule has 2 amide bonds. The van der Waals surface area contributed by atoms with Crippen molar-refractivity contribution in [3.63, 3.8) is 0 Å². The molecular weight excluding hydrogens is 364 g/mol. The molecule has 0 atom stereocenters. The zero-order valence-electron chi connectivity index (χ0n) is 16.9. The quantitative estimate of drug-likeness (QED) is 0.591. The summed E-state index contributed by atoms with van der Waals surface area (Å²) in [5, 5.41) is 5.12. The Morgan fingerprint density at radius 3 is 2.55 bits per heavy atom. The third kappa shape index (κ3) is 5.57. The van der Waals surface area contributed by atoms with Crippen molar-refractivity contribution < 1.29 is 14.3 Å². The average Bonchev–Trinajstić information content (AvgIpc) is 2.75. The lowest BCUT2D eigenvalue weighted by Gasteiger charge is -2.12. The number of hydrogen-bond donors (Lipinski definition) is 1. The molecule has 150 valence electrons. The third-order valence-corrected chi connectivity index (χ3v) is 4.63. The lowest BCUT2D eigenvalue weighted by Crippen LogP contribution is -2.24. The number of amides is 2. The second kappa shape index (κ2) is 9.73. The van der Waals surface area contributed by atoms with Crippen LogP contribution in [0.3, 0.4) is 0 Å². The van der Waals surface area contributed by atoms with Crippen molar-refractivity contribution >= 4 is 22.6 Å². The van der Waals surface area contributed by atoms with Gasteiger partial charge in [-0.25, -0.2) is 0 Å². The molecule has 5 heteroatoms. The summed E-state index contributed by atoms with van der Waals surface area (Å²) in [5.74, 6) is 0.755. The lowest BCUT2D eigenvalue weighted by molar-refractivity contribution is -0.121. The van der Waals surface area contributed by atoms with Crippen molar-refractivity contribution in [2.45, 2.75) is 19.4 Å². The van der Waals surface area contributed by atoms with E-state index in [0.29, 0.717) is 31.6 Å². The van der Waals surface area contributed by atoms with Gasteiger partial charge in [0, 0.05) is 38.0 Å². The molecule has 0 unspecified atom stereocenters.